The van der Waals surface area contributed by atoms with Gasteiger partial charge in [-0.05, 0) is 30.7 Å². The Hall–Kier alpha value is -1.91. The zero-order valence-electron chi connectivity index (χ0n) is 15.1. The molecule has 0 aromatic carbocycles. The van der Waals surface area contributed by atoms with Crippen molar-refractivity contribution in [3.63, 3.8) is 0 Å². The lowest BCUT2D eigenvalue weighted by Crippen LogP contribution is -2.52. The molecule has 2 amide bonds. The van der Waals surface area contributed by atoms with Gasteiger partial charge in [0.15, 0.2) is 0 Å². The van der Waals surface area contributed by atoms with Crippen molar-refractivity contribution >= 4 is 23.2 Å². The van der Waals surface area contributed by atoms with Gasteiger partial charge in [-0.1, -0.05) is 19.3 Å². The number of rotatable bonds is 4. The van der Waals surface area contributed by atoms with Crippen LogP contribution in [0.25, 0.3) is 0 Å². The van der Waals surface area contributed by atoms with Crippen LogP contribution in [0.1, 0.15) is 48.9 Å². The Bertz CT molecular complexity index is 662. The molecule has 2 fully saturated rings. The minimum Gasteiger partial charge on any atom is -0.337 e. The molecular formula is C19H26N4O2S. The highest BCUT2D eigenvalue weighted by Crippen LogP contribution is 2.27. The number of nitrogens with zero attached hydrogens (tertiary/aromatic N) is 3. The minimum absolute atomic E-state index is 0.0724. The first kappa shape index (κ1) is 18.9. The molecule has 3 rings (SSSR count). The summed E-state index contributed by atoms with van der Waals surface area (Å²) in [6.07, 6.45) is 5.48. The number of nitrogens with one attached hydrogen (secondary N) is 1. The van der Waals surface area contributed by atoms with Gasteiger partial charge in [0.2, 0.25) is 5.91 Å². The molecule has 0 unspecified atom stereocenters. The maximum atomic E-state index is 12.5. The van der Waals surface area contributed by atoms with Crippen LogP contribution in [0.15, 0.2) is 16.8 Å². The van der Waals surface area contributed by atoms with E-state index in [0.717, 1.165) is 57.2 Å². The third-order valence-corrected chi connectivity index (χ3v) is 5.99. The van der Waals surface area contributed by atoms with Gasteiger partial charge in [-0.15, -0.1) is 0 Å². The zero-order valence-corrected chi connectivity index (χ0v) is 15.9. The number of nitriles is 1. The van der Waals surface area contributed by atoms with Crippen LogP contribution in [-0.2, 0) is 4.79 Å². The van der Waals surface area contributed by atoms with Gasteiger partial charge in [-0.25, -0.2) is 0 Å². The molecular weight excluding hydrogens is 348 g/mol. The first-order chi connectivity index (χ1) is 12.6. The SMILES string of the molecule is N#CC1(NC(=O)CN2CCCN(C(=O)c3ccsc3)CC2)CCCCC1. The maximum absolute atomic E-state index is 12.5. The van der Waals surface area contributed by atoms with Crippen LogP contribution in [-0.4, -0.2) is 59.9 Å². The standard InChI is InChI=1S/C19H26N4O2S/c20-15-19(6-2-1-3-7-19)21-17(24)13-22-8-4-9-23(11-10-22)18(25)16-5-12-26-14-16/h5,12,14H,1-4,6-11,13H2,(H,21,24). The number of hydrogen-bond donors (Lipinski definition) is 1. The van der Waals surface area contributed by atoms with Gasteiger partial charge in [0.05, 0.1) is 18.2 Å². The van der Waals surface area contributed by atoms with E-state index in [1.807, 2.05) is 21.7 Å². The highest BCUT2D eigenvalue weighted by molar-refractivity contribution is 7.08. The van der Waals surface area contributed by atoms with E-state index in [-0.39, 0.29) is 11.8 Å². The fourth-order valence-electron chi connectivity index (χ4n) is 3.83. The van der Waals surface area contributed by atoms with E-state index >= 15 is 0 Å². The second-order valence-electron chi connectivity index (χ2n) is 7.24. The van der Waals surface area contributed by atoms with Crippen LogP contribution in [0.3, 0.4) is 0 Å². The molecule has 1 aliphatic carbocycles. The predicted molar refractivity (Wildman–Crippen MR) is 101 cm³/mol. The summed E-state index contributed by atoms with van der Waals surface area (Å²) < 4.78 is 0. The summed E-state index contributed by atoms with van der Waals surface area (Å²) >= 11 is 1.53. The second-order valence-corrected chi connectivity index (χ2v) is 8.02. The molecule has 2 aliphatic rings. The molecule has 0 atom stereocenters. The number of amides is 2. The second kappa shape index (κ2) is 8.65. The van der Waals surface area contributed by atoms with Crippen LogP contribution in [0.2, 0.25) is 0 Å². The quantitative estimate of drug-likeness (QED) is 0.877. The van der Waals surface area contributed by atoms with E-state index in [9.17, 15) is 14.9 Å². The van der Waals surface area contributed by atoms with Gasteiger partial charge in [0.1, 0.15) is 5.54 Å². The number of carbonyl (C=O) groups is 2. The Balaban J connectivity index is 1.50. The number of carbonyl (C=O) groups excluding carboxylic acids is 2. The van der Waals surface area contributed by atoms with Crippen LogP contribution in [0.4, 0.5) is 0 Å². The molecule has 26 heavy (non-hydrogen) atoms. The number of thiophene rings is 1. The lowest BCUT2D eigenvalue weighted by atomic mass is 9.83. The lowest BCUT2D eigenvalue weighted by molar-refractivity contribution is -0.123. The summed E-state index contributed by atoms with van der Waals surface area (Å²) in [5.74, 6) is -0.00532. The monoisotopic (exact) mass is 374 g/mol. The Labute approximate surface area is 158 Å². The van der Waals surface area contributed by atoms with Crippen molar-refractivity contribution in [1.29, 1.82) is 5.26 Å². The molecule has 1 saturated carbocycles. The van der Waals surface area contributed by atoms with Crippen molar-refractivity contribution in [3.8, 4) is 6.07 Å². The first-order valence-corrected chi connectivity index (χ1v) is 10.3. The molecule has 140 valence electrons. The fourth-order valence-corrected chi connectivity index (χ4v) is 4.46. The summed E-state index contributed by atoms with van der Waals surface area (Å²) in [6.45, 7) is 3.12. The molecule has 6 nitrogen and oxygen atoms in total. The van der Waals surface area contributed by atoms with E-state index in [0.29, 0.717) is 19.6 Å². The maximum Gasteiger partial charge on any atom is 0.254 e. The van der Waals surface area contributed by atoms with E-state index < -0.39 is 5.54 Å². The van der Waals surface area contributed by atoms with Crippen molar-refractivity contribution in [2.45, 2.75) is 44.1 Å². The van der Waals surface area contributed by atoms with Crippen molar-refractivity contribution in [2.24, 2.45) is 0 Å². The van der Waals surface area contributed by atoms with Gasteiger partial charge in [-0.3, -0.25) is 14.5 Å². The van der Waals surface area contributed by atoms with Crippen molar-refractivity contribution in [2.75, 3.05) is 32.7 Å². The molecule has 0 bridgehead atoms. The van der Waals surface area contributed by atoms with Crippen molar-refractivity contribution < 1.29 is 9.59 Å². The first-order valence-electron chi connectivity index (χ1n) is 9.38. The third kappa shape index (κ3) is 4.63. The lowest BCUT2D eigenvalue weighted by Gasteiger charge is -2.32. The highest BCUT2D eigenvalue weighted by atomic mass is 32.1. The van der Waals surface area contributed by atoms with Gasteiger partial charge >= 0.3 is 0 Å². The molecule has 7 heteroatoms. The van der Waals surface area contributed by atoms with Gasteiger partial charge < -0.3 is 10.2 Å². The van der Waals surface area contributed by atoms with Crippen molar-refractivity contribution in [3.05, 3.63) is 22.4 Å². The molecule has 1 aromatic heterocycles. The Morgan fingerprint density at radius 2 is 1.96 bits per heavy atom. The van der Waals surface area contributed by atoms with Crippen molar-refractivity contribution in [1.82, 2.24) is 15.1 Å². The van der Waals surface area contributed by atoms with Crippen LogP contribution in [0.5, 0.6) is 0 Å². The average molecular weight is 375 g/mol. The predicted octanol–water partition coefficient (Wildman–Crippen LogP) is 2.24. The average Bonchev–Trinajstić information content (AvgIpc) is 3.09. The van der Waals surface area contributed by atoms with Crippen LogP contribution >= 0.6 is 11.3 Å². The minimum atomic E-state index is -0.678. The van der Waals surface area contributed by atoms with Crippen LogP contribution < -0.4 is 5.32 Å². The third-order valence-electron chi connectivity index (χ3n) is 5.31. The highest BCUT2D eigenvalue weighted by Gasteiger charge is 2.34. The largest absolute Gasteiger partial charge is 0.337 e. The summed E-state index contributed by atoms with van der Waals surface area (Å²) in [5, 5.41) is 16.3. The van der Waals surface area contributed by atoms with Crippen LogP contribution in [0, 0.1) is 11.3 Å². The molecule has 0 radical (unpaired) electrons. The van der Waals surface area contributed by atoms with E-state index in [1.165, 1.54) is 11.3 Å². The smallest absolute Gasteiger partial charge is 0.254 e. The molecule has 2 heterocycles. The Morgan fingerprint density at radius 1 is 1.15 bits per heavy atom. The van der Waals surface area contributed by atoms with Gasteiger partial charge in [0.25, 0.3) is 5.91 Å². The fraction of sp³-hybridized carbons (Fsp3) is 0.632. The molecule has 1 N–H and O–H groups in total. The zero-order chi connectivity index (χ0) is 18.4. The molecule has 1 saturated heterocycles. The normalized spacial score (nSPS) is 20.8. The summed E-state index contributed by atoms with van der Waals surface area (Å²) in [4.78, 5) is 28.9. The van der Waals surface area contributed by atoms with Gasteiger partial charge in [-0.2, -0.15) is 16.6 Å². The van der Waals surface area contributed by atoms with E-state index in [1.54, 1.807) is 0 Å². The Morgan fingerprint density at radius 3 is 2.65 bits per heavy atom. The summed E-state index contributed by atoms with van der Waals surface area (Å²) in [6, 6.07) is 4.19. The number of hydrogen-bond acceptors (Lipinski definition) is 5. The topological polar surface area (TPSA) is 76.4 Å². The molecule has 1 aromatic rings. The van der Waals surface area contributed by atoms with E-state index in [2.05, 4.69) is 16.3 Å². The van der Waals surface area contributed by atoms with E-state index in [4.69, 9.17) is 0 Å². The molecule has 1 aliphatic heterocycles. The van der Waals surface area contributed by atoms with Gasteiger partial charge in [0, 0.05) is 31.6 Å². The molecule has 0 spiro atoms. The summed E-state index contributed by atoms with van der Waals surface area (Å²) in [5.41, 5.74) is 0.0664. The summed E-state index contributed by atoms with van der Waals surface area (Å²) in [7, 11) is 0. The Kier molecular flexibility index (Phi) is 6.28.